The van der Waals surface area contributed by atoms with Gasteiger partial charge in [-0.25, -0.2) is 4.68 Å². The molecule has 0 aromatic carbocycles. The van der Waals surface area contributed by atoms with Crippen LogP contribution in [-0.2, 0) is 7.05 Å². The third kappa shape index (κ3) is 2.12. The van der Waals surface area contributed by atoms with Crippen molar-refractivity contribution in [1.82, 2.24) is 20.1 Å². The van der Waals surface area contributed by atoms with Gasteiger partial charge < -0.3 is 11.1 Å². The van der Waals surface area contributed by atoms with Gasteiger partial charge in [0.1, 0.15) is 0 Å². The third-order valence-electron chi connectivity index (χ3n) is 3.21. The third-order valence-corrected chi connectivity index (χ3v) is 3.21. The van der Waals surface area contributed by atoms with Crippen molar-refractivity contribution in [1.29, 1.82) is 0 Å². The van der Waals surface area contributed by atoms with Gasteiger partial charge in [0.2, 0.25) is 5.95 Å². The number of hydrogen-bond donors (Lipinski definition) is 2. The Bertz CT molecular complexity index is 313. The number of piperidine rings is 1. The molecule has 5 nitrogen and oxygen atoms in total. The Morgan fingerprint density at radius 1 is 1.60 bits per heavy atom. The van der Waals surface area contributed by atoms with Crippen LogP contribution in [0.2, 0.25) is 0 Å². The highest BCUT2D eigenvalue weighted by atomic mass is 15.4. The molecule has 0 spiro atoms. The van der Waals surface area contributed by atoms with Crippen LogP contribution in [-0.4, -0.2) is 21.3 Å². The summed E-state index contributed by atoms with van der Waals surface area (Å²) in [6, 6.07) is 0.284. The fourth-order valence-electron chi connectivity index (χ4n) is 2.13. The number of anilines is 1. The van der Waals surface area contributed by atoms with E-state index < -0.39 is 0 Å². The number of nitrogens with zero attached hydrogens (tertiary/aromatic N) is 3. The average molecular weight is 209 g/mol. The topological polar surface area (TPSA) is 68.8 Å². The molecule has 0 radical (unpaired) electrons. The summed E-state index contributed by atoms with van der Waals surface area (Å²) >= 11 is 0. The minimum Gasteiger partial charge on any atom is -0.368 e. The number of aryl methyl sites for hydroxylation is 1. The van der Waals surface area contributed by atoms with Crippen LogP contribution in [0.4, 0.5) is 5.95 Å². The van der Waals surface area contributed by atoms with Crippen molar-refractivity contribution >= 4 is 5.95 Å². The molecule has 2 rings (SSSR count). The fraction of sp³-hybridized carbons (Fsp3) is 0.800. The van der Waals surface area contributed by atoms with Gasteiger partial charge in [-0.3, -0.25) is 0 Å². The molecule has 0 saturated carbocycles. The molecule has 1 fully saturated rings. The van der Waals surface area contributed by atoms with Crippen LogP contribution in [0.25, 0.3) is 0 Å². The van der Waals surface area contributed by atoms with Gasteiger partial charge in [-0.2, -0.15) is 10.1 Å². The van der Waals surface area contributed by atoms with Gasteiger partial charge in [-0.15, -0.1) is 0 Å². The van der Waals surface area contributed by atoms with E-state index in [4.69, 9.17) is 5.73 Å². The number of hydrogen-bond acceptors (Lipinski definition) is 4. The van der Waals surface area contributed by atoms with Crippen LogP contribution >= 0.6 is 0 Å². The summed E-state index contributed by atoms with van der Waals surface area (Å²) in [6.45, 7) is 3.30. The quantitative estimate of drug-likeness (QED) is 0.757. The number of nitrogens with two attached hydrogens (primary N) is 1. The second-order valence-corrected chi connectivity index (χ2v) is 4.26. The number of aromatic nitrogens is 3. The first-order valence-corrected chi connectivity index (χ1v) is 5.60. The van der Waals surface area contributed by atoms with Crippen LogP contribution in [0.15, 0.2) is 0 Å². The van der Waals surface area contributed by atoms with E-state index in [1.807, 2.05) is 7.05 Å². The predicted molar refractivity (Wildman–Crippen MR) is 59.2 cm³/mol. The molecular formula is C10H19N5. The molecule has 2 heterocycles. The number of nitrogen functional groups attached to an aromatic ring is 1. The van der Waals surface area contributed by atoms with E-state index in [2.05, 4.69) is 22.3 Å². The van der Waals surface area contributed by atoms with Crippen LogP contribution in [0.5, 0.6) is 0 Å². The first kappa shape index (κ1) is 10.4. The van der Waals surface area contributed by atoms with Crippen LogP contribution < -0.4 is 11.1 Å². The summed E-state index contributed by atoms with van der Waals surface area (Å²) in [4.78, 5) is 4.27. The van der Waals surface area contributed by atoms with E-state index in [0.717, 1.165) is 24.7 Å². The zero-order chi connectivity index (χ0) is 10.8. The molecule has 3 N–H and O–H groups in total. The second kappa shape index (κ2) is 4.18. The maximum Gasteiger partial charge on any atom is 0.218 e. The van der Waals surface area contributed by atoms with Gasteiger partial charge >= 0.3 is 0 Å². The number of nitrogens with one attached hydrogen (secondary N) is 1. The highest BCUT2D eigenvalue weighted by Gasteiger charge is 2.24. The molecular weight excluding hydrogens is 190 g/mol. The van der Waals surface area contributed by atoms with Crippen molar-refractivity contribution in [2.45, 2.75) is 32.2 Å². The lowest BCUT2D eigenvalue weighted by Crippen LogP contribution is -2.32. The van der Waals surface area contributed by atoms with E-state index in [1.54, 1.807) is 4.68 Å². The van der Waals surface area contributed by atoms with Gasteiger partial charge in [0.25, 0.3) is 0 Å². The normalized spacial score (nSPS) is 26.8. The molecule has 2 unspecified atom stereocenters. The smallest absolute Gasteiger partial charge is 0.218 e. The fourth-order valence-corrected chi connectivity index (χ4v) is 2.13. The van der Waals surface area contributed by atoms with Crippen molar-refractivity contribution in [2.24, 2.45) is 13.0 Å². The van der Waals surface area contributed by atoms with Crippen molar-refractivity contribution in [3.63, 3.8) is 0 Å². The van der Waals surface area contributed by atoms with Crippen molar-refractivity contribution in [2.75, 3.05) is 12.3 Å². The van der Waals surface area contributed by atoms with Gasteiger partial charge in [-0.1, -0.05) is 13.3 Å². The SMILES string of the molecule is CCC1CCNC(c2nc(N)n(C)n2)C1. The molecule has 1 aromatic rings. The molecule has 1 aromatic heterocycles. The monoisotopic (exact) mass is 209 g/mol. The molecule has 2 atom stereocenters. The first-order valence-electron chi connectivity index (χ1n) is 5.60. The van der Waals surface area contributed by atoms with E-state index in [-0.39, 0.29) is 6.04 Å². The van der Waals surface area contributed by atoms with Gasteiger partial charge in [0.05, 0.1) is 6.04 Å². The Morgan fingerprint density at radius 3 is 3.00 bits per heavy atom. The van der Waals surface area contributed by atoms with E-state index in [0.29, 0.717) is 5.95 Å². The molecule has 15 heavy (non-hydrogen) atoms. The Morgan fingerprint density at radius 2 is 2.40 bits per heavy atom. The molecule has 0 amide bonds. The number of rotatable bonds is 2. The van der Waals surface area contributed by atoms with Gasteiger partial charge in [-0.05, 0) is 25.3 Å². The van der Waals surface area contributed by atoms with Crippen molar-refractivity contribution in [3.05, 3.63) is 5.82 Å². The van der Waals surface area contributed by atoms with Crippen molar-refractivity contribution in [3.8, 4) is 0 Å². The standard InChI is InChI=1S/C10H19N5/c1-3-7-4-5-12-8(6-7)9-13-10(11)15(2)14-9/h7-8,12H,3-6H2,1-2H3,(H2,11,13,14). The first-order chi connectivity index (χ1) is 7.20. The molecule has 0 bridgehead atoms. The Hall–Kier alpha value is -1.10. The zero-order valence-electron chi connectivity index (χ0n) is 9.40. The molecule has 0 aliphatic carbocycles. The van der Waals surface area contributed by atoms with E-state index in [9.17, 15) is 0 Å². The highest BCUT2D eigenvalue weighted by molar-refractivity contribution is 5.17. The Labute approximate surface area is 90.1 Å². The van der Waals surface area contributed by atoms with Crippen molar-refractivity contribution < 1.29 is 0 Å². The molecule has 1 saturated heterocycles. The summed E-state index contributed by atoms with van der Waals surface area (Å²) in [5, 5.41) is 7.77. The summed E-state index contributed by atoms with van der Waals surface area (Å²) in [5.41, 5.74) is 5.68. The average Bonchev–Trinajstić information content (AvgIpc) is 2.59. The maximum atomic E-state index is 5.68. The summed E-state index contributed by atoms with van der Waals surface area (Å²) in [5.74, 6) is 2.12. The summed E-state index contributed by atoms with van der Waals surface area (Å²) in [7, 11) is 1.83. The van der Waals surface area contributed by atoms with E-state index >= 15 is 0 Å². The molecule has 1 aliphatic rings. The minimum absolute atomic E-state index is 0.284. The highest BCUT2D eigenvalue weighted by Crippen LogP contribution is 2.27. The van der Waals surface area contributed by atoms with Gasteiger partial charge in [0.15, 0.2) is 5.82 Å². The lowest BCUT2D eigenvalue weighted by atomic mass is 9.90. The van der Waals surface area contributed by atoms with Crippen LogP contribution in [0, 0.1) is 5.92 Å². The predicted octanol–water partition coefficient (Wildman–Crippen LogP) is 0.848. The van der Waals surface area contributed by atoms with E-state index in [1.165, 1.54) is 12.8 Å². The lowest BCUT2D eigenvalue weighted by Gasteiger charge is -2.27. The van der Waals surface area contributed by atoms with Crippen LogP contribution in [0.1, 0.15) is 38.1 Å². The maximum absolute atomic E-state index is 5.68. The van der Waals surface area contributed by atoms with Crippen LogP contribution in [0.3, 0.4) is 0 Å². The zero-order valence-corrected chi connectivity index (χ0v) is 9.40. The largest absolute Gasteiger partial charge is 0.368 e. The minimum atomic E-state index is 0.284. The molecule has 84 valence electrons. The lowest BCUT2D eigenvalue weighted by molar-refractivity contribution is 0.291. The van der Waals surface area contributed by atoms with Gasteiger partial charge in [0, 0.05) is 7.05 Å². The molecule has 5 heteroatoms. The summed E-state index contributed by atoms with van der Waals surface area (Å²) < 4.78 is 1.63. The Kier molecular flexibility index (Phi) is 2.90. The second-order valence-electron chi connectivity index (χ2n) is 4.26. The summed E-state index contributed by atoms with van der Waals surface area (Å²) in [6.07, 6.45) is 3.62. The molecule has 1 aliphatic heterocycles. The Balaban J connectivity index is 2.09.